The van der Waals surface area contributed by atoms with Crippen molar-refractivity contribution in [1.29, 1.82) is 0 Å². The van der Waals surface area contributed by atoms with E-state index in [2.05, 4.69) is 39.9 Å². The van der Waals surface area contributed by atoms with Gasteiger partial charge < -0.3 is 20.3 Å². The lowest BCUT2D eigenvalue weighted by molar-refractivity contribution is -0.135. The molecule has 0 radical (unpaired) electrons. The summed E-state index contributed by atoms with van der Waals surface area (Å²) in [6, 6.07) is 30.0. The lowest BCUT2D eigenvalue weighted by Gasteiger charge is -2.41. The molecule has 4 aromatic rings. The van der Waals surface area contributed by atoms with Gasteiger partial charge in [0.25, 0.3) is 0 Å². The number of fused-ring (bicyclic) bond motifs is 1. The smallest absolute Gasteiger partial charge is 0.337 e. The monoisotopic (exact) mass is 562 g/mol. The Morgan fingerprint density at radius 3 is 2.50 bits per heavy atom. The molecule has 0 bridgehead atoms. The summed E-state index contributed by atoms with van der Waals surface area (Å²) < 4.78 is 4.76. The van der Waals surface area contributed by atoms with E-state index >= 15 is 0 Å². The predicted octanol–water partition coefficient (Wildman–Crippen LogP) is 5.56. The molecular weight excluding hydrogens is 528 g/mol. The summed E-state index contributed by atoms with van der Waals surface area (Å²) in [4.78, 5) is 45.0. The highest BCUT2D eigenvalue weighted by Gasteiger charge is 2.36. The molecule has 214 valence electrons. The fraction of sp³-hybridized carbons (Fsp3) is 0.235. The number of aryl methyl sites for hydroxylation is 1. The number of nitrogens with zero attached hydrogens (tertiary/aromatic N) is 2. The summed E-state index contributed by atoms with van der Waals surface area (Å²) in [5.74, 6) is -0.527. The molecule has 0 spiro atoms. The second-order valence-electron chi connectivity index (χ2n) is 10.4. The van der Waals surface area contributed by atoms with E-state index in [1.165, 1.54) is 24.3 Å². The number of carbonyl (C=O) groups is 3. The van der Waals surface area contributed by atoms with Crippen molar-refractivity contribution in [1.82, 2.24) is 15.2 Å². The predicted molar refractivity (Wildman–Crippen MR) is 161 cm³/mol. The fourth-order valence-electron chi connectivity index (χ4n) is 5.64. The average Bonchev–Trinajstić information content (AvgIpc) is 3.03. The minimum absolute atomic E-state index is 0.185. The standard InChI is InChI=1S/C34H34N4O4/c1-42-33(40)27-13-9-15-28(21-27)37-34(41)36-22-31(39)38(23-29-14-7-8-19-35-29)32-26(20-24-10-3-2-4-11-24)18-17-25-12-5-6-16-30(25)32/h2-16,19,21,26,32H,17-18,20,22-23H2,1H3,(H2,36,37,41). The van der Waals surface area contributed by atoms with Crippen LogP contribution in [0.15, 0.2) is 103 Å². The van der Waals surface area contributed by atoms with E-state index in [0.29, 0.717) is 17.8 Å². The van der Waals surface area contributed by atoms with Crippen LogP contribution in [0.3, 0.4) is 0 Å². The molecule has 42 heavy (non-hydrogen) atoms. The van der Waals surface area contributed by atoms with E-state index < -0.39 is 12.0 Å². The third-order valence-corrected chi connectivity index (χ3v) is 7.60. The Kier molecular flexibility index (Phi) is 9.23. The van der Waals surface area contributed by atoms with Crippen LogP contribution in [0.4, 0.5) is 10.5 Å². The summed E-state index contributed by atoms with van der Waals surface area (Å²) in [5, 5.41) is 5.41. The number of nitrogens with one attached hydrogen (secondary N) is 2. The minimum Gasteiger partial charge on any atom is -0.465 e. The second-order valence-corrected chi connectivity index (χ2v) is 10.4. The second kappa shape index (κ2) is 13.6. The number of aromatic nitrogens is 1. The zero-order valence-corrected chi connectivity index (χ0v) is 23.5. The normalized spacial score (nSPS) is 15.6. The van der Waals surface area contributed by atoms with Crippen LogP contribution in [0, 0.1) is 5.92 Å². The minimum atomic E-state index is -0.548. The van der Waals surface area contributed by atoms with Gasteiger partial charge in [-0.1, -0.05) is 66.7 Å². The van der Waals surface area contributed by atoms with E-state index in [1.54, 1.807) is 24.4 Å². The van der Waals surface area contributed by atoms with Crippen molar-refractivity contribution in [2.24, 2.45) is 5.92 Å². The van der Waals surface area contributed by atoms with Crippen molar-refractivity contribution in [3.05, 3.63) is 131 Å². The molecule has 1 aromatic heterocycles. The quantitative estimate of drug-likeness (QED) is 0.260. The van der Waals surface area contributed by atoms with Crippen molar-refractivity contribution in [2.45, 2.75) is 31.8 Å². The number of rotatable bonds is 9. The van der Waals surface area contributed by atoms with Gasteiger partial charge in [-0.25, -0.2) is 9.59 Å². The van der Waals surface area contributed by atoms with Gasteiger partial charge in [0.15, 0.2) is 0 Å². The first kappa shape index (κ1) is 28.5. The zero-order valence-electron chi connectivity index (χ0n) is 23.5. The molecule has 0 aliphatic heterocycles. The van der Waals surface area contributed by atoms with Crippen LogP contribution in [-0.2, 0) is 28.9 Å². The van der Waals surface area contributed by atoms with E-state index in [0.717, 1.165) is 30.5 Å². The van der Waals surface area contributed by atoms with E-state index in [-0.39, 0.29) is 24.4 Å². The van der Waals surface area contributed by atoms with Gasteiger partial charge in [-0.2, -0.15) is 0 Å². The van der Waals surface area contributed by atoms with Crippen molar-refractivity contribution >= 4 is 23.6 Å². The van der Waals surface area contributed by atoms with Gasteiger partial charge in [-0.05, 0) is 72.2 Å². The van der Waals surface area contributed by atoms with Crippen molar-refractivity contribution < 1.29 is 19.1 Å². The van der Waals surface area contributed by atoms with Crippen molar-refractivity contribution in [3.8, 4) is 0 Å². The highest BCUT2D eigenvalue weighted by Crippen LogP contribution is 2.41. The molecule has 1 aliphatic rings. The van der Waals surface area contributed by atoms with Crippen LogP contribution in [0.1, 0.15) is 45.2 Å². The molecule has 0 fully saturated rings. The largest absolute Gasteiger partial charge is 0.465 e. The maximum absolute atomic E-state index is 14.0. The van der Waals surface area contributed by atoms with Gasteiger partial charge in [0, 0.05) is 11.9 Å². The van der Waals surface area contributed by atoms with Crippen LogP contribution >= 0.6 is 0 Å². The molecule has 1 heterocycles. The summed E-state index contributed by atoms with van der Waals surface area (Å²) >= 11 is 0. The molecule has 2 unspecified atom stereocenters. The van der Waals surface area contributed by atoms with Crippen LogP contribution in [0.25, 0.3) is 0 Å². The van der Waals surface area contributed by atoms with Gasteiger partial charge in [0.1, 0.15) is 0 Å². The van der Waals surface area contributed by atoms with Gasteiger partial charge >= 0.3 is 12.0 Å². The maximum atomic E-state index is 14.0. The average molecular weight is 563 g/mol. The number of ether oxygens (including phenoxy) is 1. The van der Waals surface area contributed by atoms with Gasteiger partial charge in [0.2, 0.25) is 5.91 Å². The molecule has 0 saturated heterocycles. The Labute approximate surface area is 245 Å². The number of amides is 3. The molecule has 1 aliphatic carbocycles. The SMILES string of the molecule is COC(=O)c1cccc(NC(=O)NCC(=O)N(Cc2ccccn2)C2c3ccccc3CCC2Cc2ccccc2)c1. The topological polar surface area (TPSA) is 101 Å². The van der Waals surface area contributed by atoms with Gasteiger partial charge in [0.05, 0.1) is 37.5 Å². The van der Waals surface area contributed by atoms with Crippen LogP contribution in [0.2, 0.25) is 0 Å². The Balaban J connectivity index is 1.38. The number of urea groups is 1. The molecule has 3 amide bonds. The molecular formula is C34H34N4O4. The number of hydrogen-bond acceptors (Lipinski definition) is 5. The summed E-state index contributed by atoms with van der Waals surface area (Å²) in [7, 11) is 1.30. The third kappa shape index (κ3) is 7.01. The molecule has 5 rings (SSSR count). The summed E-state index contributed by atoms with van der Waals surface area (Å²) in [6.45, 7) is 0.112. The first-order valence-corrected chi connectivity index (χ1v) is 14.1. The Bertz CT molecular complexity index is 1530. The van der Waals surface area contributed by atoms with Crippen LogP contribution < -0.4 is 10.6 Å². The zero-order chi connectivity index (χ0) is 29.3. The number of anilines is 1. The Morgan fingerprint density at radius 2 is 1.71 bits per heavy atom. The number of carbonyl (C=O) groups excluding carboxylic acids is 3. The molecule has 8 heteroatoms. The summed E-state index contributed by atoms with van der Waals surface area (Å²) in [5.41, 5.74) is 5.10. The van der Waals surface area contributed by atoms with Crippen LogP contribution in [0.5, 0.6) is 0 Å². The lowest BCUT2D eigenvalue weighted by Crippen LogP contribution is -2.46. The lowest BCUT2D eigenvalue weighted by atomic mass is 9.76. The van der Waals surface area contributed by atoms with E-state index in [4.69, 9.17) is 4.74 Å². The van der Waals surface area contributed by atoms with E-state index in [9.17, 15) is 14.4 Å². The van der Waals surface area contributed by atoms with Crippen molar-refractivity contribution in [3.63, 3.8) is 0 Å². The molecule has 0 saturated carbocycles. The molecule has 3 aromatic carbocycles. The molecule has 2 N–H and O–H groups in total. The van der Waals surface area contributed by atoms with Crippen LogP contribution in [-0.4, -0.2) is 41.4 Å². The highest BCUT2D eigenvalue weighted by molar-refractivity contribution is 5.95. The number of esters is 1. The van der Waals surface area contributed by atoms with Gasteiger partial charge in [-0.3, -0.25) is 9.78 Å². The van der Waals surface area contributed by atoms with E-state index in [1.807, 2.05) is 53.4 Å². The number of methoxy groups -OCH3 is 1. The van der Waals surface area contributed by atoms with Gasteiger partial charge in [-0.15, -0.1) is 0 Å². The highest BCUT2D eigenvalue weighted by atomic mass is 16.5. The fourth-order valence-corrected chi connectivity index (χ4v) is 5.64. The van der Waals surface area contributed by atoms with Crippen molar-refractivity contribution in [2.75, 3.05) is 19.0 Å². The molecule has 8 nitrogen and oxygen atoms in total. The Hall–Kier alpha value is -4.98. The molecule has 2 atom stereocenters. The maximum Gasteiger partial charge on any atom is 0.337 e. The third-order valence-electron chi connectivity index (χ3n) is 7.60. The Morgan fingerprint density at radius 1 is 0.929 bits per heavy atom. The summed E-state index contributed by atoms with van der Waals surface area (Å²) in [6.07, 6.45) is 4.44. The first-order valence-electron chi connectivity index (χ1n) is 14.1. The number of hydrogen-bond donors (Lipinski definition) is 2. The number of pyridine rings is 1. The first-order chi connectivity index (χ1) is 20.5. The number of benzene rings is 3.